The first-order chi connectivity index (χ1) is 13.6. The van der Waals surface area contributed by atoms with Gasteiger partial charge in [-0.05, 0) is 42.7 Å². The van der Waals surface area contributed by atoms with Crippen molar-refractivity contribution < 1.29 is 19.1 Å². The van der Waals surface area contributed by atoms with Crippen LogP contribution < -0.4 is 4.74 Å². The monoisotopic (exact) mass is 378 g/mol. The second kappa shape index (κ2) is 7.46. The van der Waals surface area contributed by atoms with Gasteiger partial charge in [-0.15, -0.1) is 0 Å². The van der Waals surface area contributed by atoms with Crippen LogP contribution >= 0.6 is 0 Å². The van der Waals surface area contributed by atoms with Crippen molar-refractivity contribution in [3.63, 3.8) is 0 Å². The Morgan fingerprint density at radius 1 is 0.964 bits per heavy atom. The van der Waals surface area contributed by atoms with E-state index in [0.29, 0.717) is 43.5 Å². The zero-order chi connectivity index (χ0) is 19.7. The highest BCUT2D eigenvalue weighted by Gasteiger charge is 2.41. The molecule has 3 amide bonds. The van der Waals surface area contributed by atoms with Crippen LogP contribution in [0.5, 0.6) is 5.75 Å². The predicted molar refractivity (Wildman–Crippen MR) is 103 cm³/mol. The molecule has 2 heterocycles. The summed E-state index contributed by atoms with van der Waals surface area (Å²) in [4.78, 5) is 41.1. The van der Waals surface area contributed by atoms with E-state index in [2.05, 4.69) is 0 Å². The Kier molecular flexibility index (Phi) is 4.86. The van der Waals surface area contributed by atoms with Crippen LogP contribution in [0.25, 0.3) is 0 Å². The summed E-state index contributed by atoms with van der Waals surface area (Å²) in [5, 5.41) is 0. The third-order valence-electron chi connectivity index (χ3n) is 5.52. The number of likely N-dealkylation sites (tertiary alicyclic amines) is 1. The van der Waals surface area contributed by atoms with Crippen LogP contribution in [-0.2, 0) is 11.2 Å². The second-order valence-electron chi connectivity index (χ2n) is 7.16. The molecule has 0 aromatic heterocycles. The number of hydrogen-bond acceptors (Lipinski definition) is 4. The third kappa shape index (κ3) is 3.26. The van der Waals surface area contributed by atoms with E-state index in [-0.39, 0.29) is 23.8 Å². The van der Waals surface area contributed by atoms with Gasteiger partial charge in [0, 0.05) is 19.1 Å². The molecule has 0 bridgehead atoms. The molecule has 0 unspecified atom stereocenters. The van der Waals surface area contributed by atoms with Gasteiger partial charge in [0.25, 0.3) is 11.8 Å². The Morgan fingerprint density at radius 2 is 1.54 bits per heavy atom. The Morgan fingerprint density at radius 3 is 2.07 bits per heavy atom. The fraction of sp³-hybridized carbons (Fsp3) is 0.318. The molecular weight excluding hydrogens is 356 g/mol. The van der Waals surface area contributed by atoms with E-state index in [9.17, 15) is 14.4 Å². The molecule has 144 valence electrons. The minimum Gasteiger partial charge on any atom is -0.497 e. The summed E-state index contributed by atoms with van der Waals surface area (Å²) in [5.74, 6) is 0.385. The molecule has 2 aliphatic rings. The van der Waals surface area contributed by atoms with E-state index in [4.69, 9.17) is 4.74 Å². The molecule has 2 aromatic rings. The Balaban J connectivity index is 1.36. The molecule has 28 heavy (non-hydrogen) atoms. The molecule has 0 spiro atoms. The lowest BCUT2D eigenvalue weighted by Gasteiger charge is -2.35. The summed E-state index contributed by atoms with van der Waals surface area (Å²) >= 11 is 0. The molecule has 0 atom stereocenters. The number of nitrogens with zero attached hydrogens (tertiary/aromatic N) is 2. The summed E-state index contributed by atoms with van der Waals surface area (Å²) in [6.45, 7) is 1.10. The first-order valence-corrected chi connectivity index (χ1v) is 9.46. The highest BCUT2D eigenvalue weighted by molar-refractivity contribution is 6.21. The van der Waals surface area contributed by atoms with Gasteiger partial charge in [-0.25, -0.2) is 0 Å². The second-order valence-corrected chi connectivity index (χ2v) is 7.16. The molecule has 0 saturated carbocycles. The van der Waals surface area contributed by atoms with Crippen molar-refractivity contribution in [2.24, 2.45) is 0 Å². The highest BCUT2D eigenvalue weighted by Crippen LogP contribution is 2.28. The lowest BCUT2D eigenvalue weighted by molar-refractivity contribution is -0.131. The minimum absolute atomic E-state index is 0.0611. The summed E-state index contributed by atoms with van der Waals surface area (Å²) in [6.07, 6.45) is 1.56. The number of hydrogen-bond donors (Lipinski definition) is 0. The van der Waals surface area contributed by atoms with E-state index < -0.39 is 0 Å². The van der Waals surface area contributed by atoms with Crippen LogP contribution in [0, 0.1) is 0 Å². The van der Waals surface area contributed by atoms with Crippen LogP contribution in [0.4, 0.5) is 0 Å². The van der Waals surface area contributed by atoms with E-state index >= 15 is 0 Å². The van der Waals surface area contributed by atoms with E-state index in [0.717, 1.165) is 11.3 Å². The molecule has 6 nitrogen and oxygen atoms in total. The van der Waals surface area contributed by atoms with E-state index in [1.54, 1.807) is 31.4 Å². The number of ether oxygens (including phenoxy) is 1. The molecule has 4 rings (SSSR count). The van der Waals surface area contributed by atoms with Crippen molar-refractivity contribution in [2.75, 3.05) is 20.2 Å². The van der Waals surface area contributed by atoms with Gasteiger partial charge in [0.1, 0.15) is 5.75 Å². The van der Waals surface area contributed by atoms with Gasteiger partial charge in [0.2, 0.25) is 5.91 Å². The normalized spacial score (nSPS) is 17.0. The first kappa shape index (κ1) is 18.2. The number of carbonyl (C=O) groups excluding carboxylic acids is 3. The number of benzene rings is 2. The molecule has 0 N–H and O–H groups in total. The molecule has 2 aliphatic heterocycles. The standard InChI is InChI=1S/C22H22N2O4/c1-28-17-8-6-15(7-9-17)14-20(25)23-12-10-16(11-13-23)24-21(26)18-4-2-3-5-19(18)22(24)27/h2-9,16H,10-14H2,1H3. The van der Waals surface area contributed by atoms with Gasteiger partial charge in [-0.3, -0.25) is 19.3 Å². The zero-order valence-electron chi connectivity index (χ0n) is 15.8. The average Bonchev–Trinajstić information content (AvgIpc) is 2.99. The fourth-order valence-electron chi connectivity index (χ4n) is 3.94. The number of piperidine rings is 1. The number of amides is 3. The van der Waals surface area contributed by atoms with Gasteiger partial charge < -0.3 is 9.64 Å². The number of methoxy groups -OCH3 is 1. The van der Waals surface area contributed by atoms with Gasteiger partial charge >= 0.3 is 0 Å². The molecular formula is C22H22N2O4. The van der Waals surface area contributed by atoms with Crippen molar-refractivity contribution in [2.45, 2.75) is 25.3 Å². The number of imide groups is 1. The lowest BCUT2D eigenvalue weighted by Crippen LogP contribution is -2.49. The quantitative estimate of drug-likeness (QED) is 0.767. The molecule has 6 heteroatoms. The SMILES string of the molecule is COc1ccc(CC(=O)N2CCC(N3C(=O)c4ccccc4C3=O)CC2)cc1. The van der Waals surface area contributed by atoms with Gasteiger partial charge in [-0.1, -0.05) is 24.3 Å². The Hall–Kier alpha value is -3.15. The van der Waals surface area contributed by atoms with Crippen LogP contribution in [0.1, 0.15) is 39.1 Å². The van der Waals surface area contributed by atoms with E-state index in [1.165, 1.54) is 4.90 Å². The van der Waals surface area contributed by atoms with Crippen molar-refractivity contribution in [3.8, 4) is 5.75 Å². The van der Waals surface area contributed by atoms with Crippen LogP contribution in [0.2, 0.25) is 0 Å². The molecule has 1 saturated heterocycles. The smallest absolute Gasteiger partial charge is 0.261 e. The van der Waals surface area contributed by atoms with Crippen molar-refractivity contribution in [1.29, 1.82) is 0 Å². The predicted octanol–water partition coefficient (Wildman–Crippen LogP) is 2.52. The maximum Gasteiger partial charge on any atom is 0.261 e. The summed E-state index contributed by atoms with van der Waals surface area (Å²) < 4.78 is 5.14. The van der Waals surface area contributed by atoms with Crippen molar-refractivity contribution in [1.82, 2.24) is 9.80 Å². The number of fused-ring (bicyclic) bond motifs is 1. The molecule has 1 fully saturated rings. The Labute approximate surface area is 163 Å². The third-order valence-corrected chi connectivity index (χ3v) is 5.52. The van der Waals surface area contributed by atoms with Crippen LogP contribution in [-0.4, -0.2) is 53.8 Å². The summed E-state index contributed by atoms with van der Waals surface area (Å²) in [5.41, 5.74) is 1.89. The number of rotatable bonds is 4. The maximum absolute atomic E-state index is 12.6. The van der Waals surface area contributed by atoms with Crippen molar-refractivity contribution in [3.05, 3.63) is 65.2 Å². The van der Waals surface area contributed by atoms with E-state index in [1.807, 2.05) is 29.2 Å². The molecule has 0 radical (unpaired) electrons. The summed E-state index contributed by atoms with van der Waals surface area (Å²) in [6, 6.07) is 14.3. The molecule has 0 aliphatic carbocycles. The molecule has 2 aromatic carbocycles. The lowest BCUT2D eigenvalue weighted by atomic mass is 10.0. The zero-order valence-corrected chi connectivity index (χ0v) is 15.8. The topological polar surface area (TPSA) is 66.9 Å². The Bertz CT molecular complexity index is 879. The highest BCUT2D eigenvalue weighted by atomic mass is 16.5. The first-order valence-electron chi connectivity index (χ1n) is 9.46. The summed E-state index contributed by atoms with van der Waals surface area (Å²) in [7, 11) is 1.61. The van der Waals surface area contributed by atoms with Crippen LogP contribution in [0.3, 0.4) is 0 Å². The fourth-order valence-corrected chi connectivity index (χ4v) is 3.94. The largest absolute Gasteiger partial charge is 0.497 e. The van der Waals surface area contributed by atoms with Crippen molar-refractivity contribution >= 4 is 17.7 Å². The average molecular weight is 378 g/mol. The van der Waals surface area contributed by atoms with Crippen LogP contribution in [0.15, 0.2) is 48.5 Å². The van der Waals surface area contributed by atoms with Gasteiger partial charge in [0.05, 0.1) is 24.7 Å². The number of carbonyl (C=O) groups is 3. The van der Waals surface area contributed by atoms with Gasteiger partial charge in [-0.2, -0.15) is 0 Å². The van der Waals surface area contributed by atoms with Gasteiger partial charge in [0.15, 0.2) is 0 Å². The minimum atomic E-state index is -0.219. The maximum atomic E-state index is 12.6.